The van der Waals surface area contributed by atoms with Gasteiger partial charge in [0.2, 0.25) is 0 Å². The van der Waals surface area contributed by atoms with E-state index in [0.29, 0.717) is 36.2 Å². The Kier molecular flexibility index (Phi) is 5.62. The highest BCUT2D eigenvalue weighted by Gasteiger charge is 2.33. The zero-order valence-corrected chi connectivity index (χ0v) is 13.0. The molecule has 1 fully saturated rings. The maximum atomic E-state index is 14.1. The number of hydrogen-bond donors (Lipinski definition) is 1. The summed E-state index contributed by atoms with van der Waals surface area (Å²) in [6.07, 6.45) is -5.28. The van der Waals surface area contributed by atoms with Gasteiger partial charge < -0.3 is 5.32 Å². The van der Waals surface area contributed by atoms with Gasteiger partial charge >= 0.3 is 6.18 Å². The molecule has 1 heterocycles. The monoisotopic (exact) mass is 368 g/mol. The number of alkyl halides is 3. The molecule has 118 valence electrons. The van der Waals surface area contributed by atoms with Crippen molar-refractivity contribution in [3.63, 3.8) is 0 Å². The van der Waals surface area contributed by atoms with E-state index in [1.165, 1.54) is 6.07 Å². The van der Waals surface area contributed by atoms with Gasteiger partial charge in [-0.25, -0.2) is 4.39 Å². The molecule has 0 amide bonds. The van der Waals surface area contributed by atoms with Crippen LogP contribution < -0.4 is 5.32 Å². The van der Waals surface area contributed by atoms with Crippen molar-refractivity contribution in [3.8, 4) is 0 Å². The molecule has 2 nitrogen and oxygen atoms in total. The molecule has 21 heavy (non-hydrogen) atoms. The second-order valence-corrected chi connectivity index (χ2v) is 5.95. The Morgan fingerprint density at radius 2 is 1.90 bits per heavy atom. The zero-order chi connectivity index (χ0) is 15.5. The molecule has 0 saturated carbocycles. The van der Waals surface area contributed by atoms with Crippen LogP contribution in [-0.2, 0) is 0 Å². The molecule has 0 radical (unpaired) electrons. The number of hydrogen-bond acceptors (Lipinski definition) is 2. The first-order chi connectivity index (χ1) is 9.88. The van der Waals surface area contributed by atoms with Crippen molar-refractivity contribution < 1.29 is 17.6 Å². The van der Waals surface area contributed by atoms with E-state index in [4.69, 9.17) is 0 Å². The van der Waals surface area contributed by atoms with Crippen LogP contribution in [0.15, 0.2) is 22.7 Å². The van der Waals surface area contributed by atoms with Crippen LogP contribution in [0.3, 0.4) is 0 Å². The molecular weight excluding hydrogens is 352 g/mol. The third-order valence-corrected chi connectivity index (χ3v) is 4.32. The van der Waals surface area contributed by atoms with Crippen LogP contribution in [0.25, 0.3) is 0 Å². The third kappa shape index (κ3) is 4.66. The summed E-state index contributed by atoms with van der Waals surface area (Å²) in [6, 6.07) is 3.94. The fraction of sp³-hybridized carbons (Fsp3) is 0.571. The Hall–Kier alpha value is -0.660. The minimum absolute atomic E-state index is 0.136. The summed E-state index contributed by atoms with van der Waals surface area (Å²) < 4.78 is 52.3. The first kappa shape index (κ1) is 16.7. The lowest BCUT2D eigenvalue weighted by Crippen LogP contribution is -2.45. The molecule has 0 aromatic heterocycles. The molecule has 1 saturated heterocycles. The number of piperazine rings is 1. The molecule has 0 spiro atoms. The first-order valence-electron chi connectivity index (χ1n) is 6.84. The molecule has 1 aromatic carbocycles. The highest BCUT2D eigenvalue weighted by Crippen LogP contribution is 2.36. The van der Waals surface area contributed by atoms with Crippen LogP contribution in [0.5, 0.6) is 0 Å². The highest BCUT2D eigenvalue weighted by molar-refractivity contribution is 9.10. The largest absolute Gasteiger partial charge is 0.389 e. The van der Waals surface area contributed by atoms with Crippen LogP contribution in [0.4, 0.5) is 17.6 Å². The van der Waals surface area contributed by atoms with Crippen LogP contribution in [0, 0.1) is 5.82 Å². The summed E-state index contributed by atoms with van der Waals surface area (Å²) in [4.78, 5) is 1.92. The average Bonchev–Trinajstić information content (AvgIpc) is 2.42. The summed E-state index contributed by atoms with van der Waals surface area (Å²) in [6.45, 7) is 2.63. The van der Waals surface area contributed by atoms with Crippen LogP contribution in [0.2, 0.25) is 0 Å². The Morgan fingerprint density at radius 3 is 2.48 bits per heavy atom. The lowest BCUT2D eigenvalue weighted by molar-refractivity contribution is -0.138. The lowest BCUT2D eigenvalue weighted by atomic mass is 9.98. The van der Waals surface area contributed by atoms with Crippen molar-refractivity contribution in [2.45, 2.75) is 25.1 Å². The van der Waals surface area contributed by atoms with Gasteiger partial charge in [-0.1, -0.05) is 22.0 Å². The fourth-order valence-corrected chi connectivity index (χ4v) is 3.24. The van der Waals surface area contributed by atoms with E-state index in [0.717, 1.165) is 0 Å². The standard InChI is InChI=1S/C14H17BrF4N2/c15-10-2-1-3-11(16)13(10)12(4-5-14(17,18)19)21-8-6-20-7-9-21/h1-3,12,20H,4-9H2/t12-/m1/s1. The van der Waals surface area contributed by atoms with Gasteiger partial charge in [-0.3, -0.25) is 4.90 Å². The van der Waals surface area contributed by atoms with E-state index in [1.807, 2.05) is 4.90 Å². The number of halogens is 5. The normalized spacial score (nSPS) is 18.7. The number of benzene rings is 1. The summed E-state index contributed by atoms with van der Waals surface area (Å²) in [5, 5.41) is 3.15. The molecule has 0 aliphatic carbocycles. The van der Waals surface area contributed by atoms with Crippen molar-refractivity contribution in [1.82, 2.24) is 10.2 Å². The molecular formula is C14H17BrF4N2. The number of rotatable bonds is 4. The Balaban J connectivity index is 2.26. The van der Waals surface area contributed by atoms with Crippen LogP contribution in [0.1, 0.15) is 24.4 Å². The predicted molar refractivity (Wildman–Crippen MR) is 76.6 cm³/mol. The molecule has 0 bridgehead atoms. The number of nitrogens with one attached hydrogen (secondary N) is 1. The zero-order valence-electron chi connectivity index (χ0n) is 11.4. The van der Waals surface area contributed by atoms with Crippen molar-refractivity contribution in [3.05, 3.63) is 34.1 Å². The molecule has 0 unspecified atom stereocenters. The number of nitrogens with zero attached hydrogens (tertiary/aromatic N) is 1. The van der Waals surface area contributed by atoms with Crippen molar-refractivity contribution in [1.29, 1.82) is 0 Å². The predicted octanol–water partition coefficient (Wildman–Crippen LogP) is 3.88. The Labute approximate surface area is 129 Å². The van der Waals surface area contributed by atoms with E-state index in [-0.39, 0.29) is 6.42 Å². The van der Waals surface area contributed by atoms with E-state index < -0.39 is 24.5 Å². The molecule has 7 heteroatoms. The smallest absolute Gasteiger partial charge is 0.314 e. The second kappa shape index (κ2) is 7.07. The van der Waals surface area contributed by atoms with E-state index in [9.17, 15) is 17.6 Å². The molecule has 1 N–H and O–H groups in total. The maximum Gasteiger partial charge on any atom is 0.389 e. The minimum Gasteiger partial charge on any atom is -0.314 e. The topological polar surface area (TPSA) is 15.3 Å². The molecule has 1 aromatic rings. The van der Waals surface area contributed by atoms with Crippen molar-refractivity contribution in [2.24, 2.45) is 0 Å². The van der Waals surface area contributed by atoms with Gasteiger partial charge in [0.25, 0.3) is 0 Å². The molecule has 1 aliphatic rings. The molecule has 1 atom stereocenters. The quantitative estimate of drug-likeness (QED) is 0.811. The first-order valence-corrected chi connectivity index (χ1v) is 7.63. The lowest BCUT2D eigenvalue weighted by Gasteiger charge is -2.36. The van der Waals surface area contributed by atoms with E-state index in [1.54, 1.807) is 12.1 Å². The second-order valence-electron chi connectivity index (χ2n) is 5.09. The third-order valence-electron chi connectivity index (χ3n) is 3.63. The highest BCUT2D eigenvalue weighted by atomic mass is 79.9. The van der Waals surface area contributed by atoms with Crippen molar-refractivity contribution in [2.75, 3.05) is 26.2 Å². The van der Waals surface area contributed by atoms with Gasteiger partial charge in [0.15, 0.2) is 0 Å². The molecule has 2 rings (SSSR count). The van der Waals surface area contributed by atoms with Gasteiger partial charge in [-0.2, -0.15) is 13.2 Å². The molecule has 1 aliphatic heterocycles. The van der Waals surface area contributed by atoms with Gasteiger partial charge in [-0.05, 0) is 18.6 Å². The van der Waals surface area contributed by atoms with E-state index >= 15 is 0 Å². The maximum absolute atomic E-state index is 14.1. The van der Waals surface area contributed by atoms with Crippen LogP contribution >= 0.6 is 15.9 Å². The van der Waals surface area contributed by atoms with Gasteiger partial charge in [0.05, 0.1) is 0 Å². The average molecular weight is 369 g/mol. The SMILES string of the molecule is Fc1cccc(Br)c1[C@@H](CCC(F)(F)F)N1CCNCC1. The van der Waals surface area contributed by atoms with Gasteiger partial charge in [0.1, 0.15) is 5.82 Å². The minimum atomic E-state index is -4.23. The van der Waals surface area contributed by atoms with E-state index in [2.05, 4.69) is 21.2 Å². The van der Waals surface area contributed by atoms with Gasteiger partial charge in [-0.15, -0.1) is 0 Å². The van der Waals surface area contributed by atoms with Crippen LogP contribution in [-0.4, -0.2) is 37.3 Å². The summed E-state index contributed by atoms with van der Waals surface area (Å²) in [5.74, 6) is -0.463. The Morgan fingerprint density at radius 1 is 1.24 bits per heavy atom. The summed E-state index contributed by atoms with van der Waals surface area (Å²) >= 11 is 3.27. The summed E-state index contributed by atoms with van der Waals surface area (Å²) in [5.41, 5.74) is 0.323. The van der Waals surface area contributed by atoms with Crippen molar-refractivity contribution >= 4 is 15.9 Å². The summed E-state index contributed by atoms with van der Waals surface area (Å²) in [7, 11) is 0. The van der Waals surface area contributed by atoms with Gasteiger partial charge in [0, 0.05) is 48.7 Å². The Bertz CT molecular complexity index is 452. The fourth-order valence-electron chi connectivity index (χ4n) is 2.63.